The lowest BCUT2D eigenvalue weighted by Gasteiger charge is -2.22. The van der Waals surface area contributed by atoms with E-state index in [1.54, 1.807) is 6.20 Å². The largest absolute Gasteiger partial charge is 0.352 e. The fourth-order valence-electron chi connectivity index (χ4n) is 2.72. The lowest BCUT2D eigenvalue weighted by molar-refractivity contribution is 0.0946. The van der Waals surface area contributed by atoms with Crippen LogP contribution in [0.4, 0.5) is 0 Å². The van der Waals surface area contributed by atoms with Crippen molar-refractivity contribution in [3.8, 4) is 0 Å². The molecule has 1 fully saturated rings. The summed E-state index contributed by atoms with van der Waals surface area (Å²) in [6, 6.07) is 9.49. The summed E-state index contributed by atoms with van der Waals surface area (Å²) < 4.78 is 0. The number of nitrogens with zero attached hydrogens (tertiary/aromatic N) is 1. The molecule has 1 saturated heterocycles. The van der Waals surface area contributed by atoms with Crippen molar-refractivity contribution in [1.29, 1.82) is 0 Å². The summed E-state index contributed by atoms with van der Waals surface area (Å²) in [6.45, 7) is 2.87. The summed E-state index contributed by atoms with van der Waals surface area (Å²) >= 11 is 0. The summed E-state index contributed by atoms with van der Waals surface area (Å²) in [7, 11) is 0. The van der Waals surface area contributed by atoms with E-state index in [1.807, 2.05) is 30.3 Å². The van der Waals surface area contributed by atoms with Gasteiger partial charge in [0.2, 0.25) is 0 Å². The van der Waals surface area contributed by atoms with E-state index in [0.29, 0.717) is 11.5 Å². The molecule has 1 amide bonds. The zero-order valence-corrected chi connectivity index (χ0v) is 11.4. The highest BCUT2D eigenvalue weighted by Crippen LogP contribution is 2.17. The highest BCUT2D eigenvalue weighted by molar-refractivity contribution is 6.06. The molecule has 4 nitrogen and oxygen atoms in total. The Morgan fingerprint density at radius 1 is 1.25 bits per heavy atom. The number of hydrogen-bond donors (Lipinski definition) is 2. The van der Waals surface area contributed by atoms with Gasteiger partial charge in [0, 0.05) is 23.7 Å². The van der Waals surface area contributed by atoms with Gasteiger partial charge in [0.1, 0.15) is 0 Å². The van der Waals surface area contributed by atoms with E-state index in [4.69, 9.17) is 0 Å². The molecule has 0 spiro atoms. The molecule has 104 valence electrons. The fraction of sp³-hybridized carbons (Fsp3) is 0.375. The lowest BCUT2D eigenvalue weighted by Crippen LogP contribution is -2.36. The van der Waals surface area contributed by atoms with Crippen LogP contribution in [0.25, 0.3) is 10.9 Å². The third kappa shape index (κ3) is 2.80. The van der Waals surface area contributed by atoms with Gasteiger partial charge >= 0.3 is 0 Å². The minimum absolute atomic E-state index is 0.00197. The van der Waals surface area contributed by atoms with Crippen LogP contribution in [0.2, 0.25) is 0 Å². The molecule has 0 atom stereocenters. The molecule has 4 heteroatoms. The highest BCUT2D eigenvalue weighted by Gasteiger charge is 2.15. The monoisotopic (exact) mass is 269 g/mol. The molecule has 0 bridgehead atoms. The Bertz CT molecular complexity index is 600. The van der Waals surface area contributed by atoms with E-state index >= 15 is 0 Å². The van der Waals surface area contributed by atoms with Crippen molar-refractivity contribution < 1.29 is 4.79 Å². The van der Waals surface area contributed by atoms with E-state index in [0.717, 1.165) is 43.4 Å². The van der Waals surface area contributed by atoms with Gasteiger partial charge in [0.15, 0.2) is 0 Å². The summed E-state index contributed by atoms with van der Waals surface area (Å²) in [5.74, 6) is 0.593. The van der Waals surface area contributed by atoms with Gasteiger partial charge in [-0.15, -0.1) is 0 Å². The molecule has 0 radical (unpaired) electrons. The average molecular weight is 269 g/mol. The Balaban J connectivity index is 1.72. The van der Waals surface area contributed by atoms with E-state index < -0.39 is 0 Å². The molecule has 1 aromatic carbocycles. The number of pyridine rings is 1. The molecule has 2 heterocycles. The second kappa shape index (κ2) is 6.01. The van der Waals surface area contributed by atoms with Crippen molar-refractivity contribution in [2.24, 2.45) is 5.92 Å². The van der Waals surface area contributed by atoms with Crippen LogP contribution in [0.5, 0.6) is 0 Å². The van der Waals surface area contributed by atoms with Crippen LogP contribution < -0.4 is 10.6 Å². The quantitative estimate of drug-likeness (QED) is 0.895. The summed E-state index contributed by atoms with van der Waals surface area (Å²) in [5, 5.41) is 7.32. The Labute approximate surface area is 118 Å². The molecule has 20 heavy (non-hydrogen) atoms. The van der Waals surface area contributed by atoms with Crippen LogP contribution in [0.1, 0.15) is 23.2 Å². The first kappa shape index (κ1) is 13.1. The van der Waals surface area contributed by atoms with E-state index in [2.05, 4.69) is 15.6 Å². The number of carbonyl (C=O) groups is 1. The smallest absolute Gasteiger partial charge is 0.251 e. The standard InChI is InChI=1S/C16H19N3O/c20-16(19-11-12-6-9-17-10-7-12)14-3-1-5-15-13(14)4-2-8-18-15/h1-5,8,12,17H,6-7,9-11H2,(H,19,20). The first-order valence-electron chi connectivity index (χ1n) is 7.17. The third-order valence-corrected chi connectivity index (χ3v) is 3.90. The zero-order valence-electron chi connectivity index (χ0n) is 11.4. The average Bonchev–Trinajstić information content (AvgIpc) is 2.53. The van der Waals surface area contributed by atoms with Crippen LogP contribution in [0, 0.1) is 5.92 Å². The Kier molecular flexibility index (Phi) is 3.92. The maximum absolute atomic E-state index is 12.3. The van der Waals surface area contributed by atoms with Crippen LogP contribution >= 0.6 is 0 Å². The number of aromatic nitrogens is 1. The van der Waals surface area contributed by atoms with Crippen molar-refractivity contribution in [2.75, 3.05) is 19.6 Å². The van der Waals surface area contributed by atoms with Gasteiger partial charge in [-0.2, -0.15) is 0 Å². The van der Waals surface area contributed by atoms with Crippen LogP contribution in [-0.2, 0) is 0 Å². The number of benzene rings is 1. The van der Waals surface area contributed by atoms with Gasteiger partial charge in [-0.25, -0.2) is 0 Å². The molecule has 0 unspecified atom stereocenters. The van der Waals surface area contributed by atoms with Crippen LogP contribution in [0.3, 0.4) is 0 Å². The van der Waals surface area contributed by atoms with Crippen molar-refractivity contribution >= 4 is 16.8 Å². The number of carbonyl (C=O) groups excluding carboxylic acids is 1. The van der Waals surface area contributed by atoms with Crippen LogP contribution in [0.15, 0.2) is 36.5 Å². The number of amides is 1. The first-order valence-corrected chi connectivity index (χ1v) is 7.17. The van der Waals surface area contributed by atoms with Gasteiger partial charge < -0.3 is 10.6 Å². The highest BCUT2D eigenvalue weighted by atomic mass is 16.1. The Hall–Kier alpha value is -1.94. The maximum Gasteiger partial charge on any atom is 0.251 e. The predicted molar refractivity (Wildman–Crippen MR) is 79.7 cm³/mol. The third-order valence-electron chi connectivity index (χ3n) is 3.90. The van der Waals surface area contributed by atoms with Gasteiger partial charge in [-0.3, -0.25) is 9.78 Å². The van der Waals surface area contributed by atoms with Gasteiger partial charge in [-0.05, 0) is 50.0 Å². The van der Waals surface area contributed by atoms with Crippen molar-refractivity contribution in [1.82, 2.24) is 15.6 Å². The number of fused-ring (bicyclic) bond motifs is 1. The number of rotatable bonds is 3. The minimum atomic E-state index is 0.00197. The topological polar surface area (TPSA) is 54.0 Å². The molecule has 2 aromatic rings. The SMILES string of the molecule is O=C(NCC1CCNCC1)c1cccc2ncccc12. The van der Waals surface area contributed by atoms with E-state index in [1.165, 1.54) is 0 Å². The van der Waals surface area contributed by atoms with E-state index in [9.17, 15) is 4.79 Å². The second-order valence-electron chi connectivity index (χ2n) is 5.28. The minimum Gasteiger partial charge on any atom is -0.352 e. The summed E-state index contributed by atoms with van der Waals surface area (Å²) in [5.41, 5.74) is 1.58. The zero-order chi connectivity index (χ0) is 13.8. The maximum atomic E-state index is 12.3. The molecule has 0 saturated carbocycles. The Morgan fingerprint density at radius 3 is 2.95 bits per heavy atom. The molecule has 0 aliphatic carbocycles. The number of piperidine rings is 1. The predicted octanol–water partition coefficient (Wildman–Crippen LogP) is 1.96. The van der Waals surface area contributed by atoms with Gasteiger partial charge in [0.25, 0.3) is 5.91 Å². The molecule has 1 aliphatic heterocycles. The lowest BCUT2D eigenvalue weighted by atomic mass is 9.98. The second-order valence-corrected chi connectivity index (χ2v) is 5.28. The normalized spacial score (nSPS) is 16.2. The fourth-order valence-corrected chi connectivity index (χ4v) is 2.72. The molecule has 2 N–H and O–H groups in total. The van der Waals surface area contributed by atoms with Gasteiger partial charge in [0.05, 0.1) is 5.52 Å². The molecule has 1 aliphatic rings. The van der Waals surface area contributed by atoms with Gasteiger partial charge in [-0.1, -0.05) is 12.1 Å². The molecule has 3 rings (SSSR count). The molecular formula is C16H19N3O. The number of nitrogens with one attached hydrogen (secondary N) is 2. The van der Waals surface area contributed by atoms with E-state index in [-0.39, 0.29) is 5.91 Å². The summed E-state index contributed by atoms with van der Waals surface area (Å²) in [4.78, 5) is 16.6. The summed E-state index contributed by atoms with van der Waals surface area (Å²) in [6.07, 6.45) is 4.02. The first-order chi connectivity index (χ1) is 9.84. The Morgan fingerprint density at radius 2 is 2.10 bits per heavy atom. The van der Waals surface area contributed by atoms with Crippen LogP contribution in [-0.4, -0.2) is 30.5 Å². The molecule has 1 aromatic heterocycles. The molecular weight excluding hydrogens is 250 g/mol. The van der Waals surface area contributed by atoms with Crippen molar-refractivity contribution in [2.45, 2.75) is 12.8 Å². The van der Waals surface area contributed by atoms with Crippen molar-refractivity contribution in [3.05, 3.63) is 42.1 Å². The number of hydrogen-bond acceptors (Lipinski definition) is 3. The van der Waals surface area contributed by atoms with Crippen molar-refractivity contribution in [3.63, 3.8) is 0 Å².